The number of hydrogen-bond donors (Lipinski definition) is 3. The SMILES string of the molecule is NC1=CCSC(C(Cl)(C2=CC(N)=CCS2)C2=CC(N)=CCS2)=C1. The van der Waals surface area contributed by atoms with Crippen molar-refractivity contribution in [1.29, 1.82) is 0 Å². The highest BCUT2D eigenvalue weighted by Gasteiger charge is 2.42. The fraction of sp³-hybridized carbons (Fsp3) is 0.250. The molecule has 0 fully saturated rings. The molecule has 3 rings (SSSR count). The third kappa shape index (κ3) is 3.50. The van der Waals surface area contributed by atoms with E-state index in [0.29, 0.717) is 0 Å². The van der Waals surface area contributed by atoms with Gasteiger partial charge in [-0.3, -0.25) is 0 Å². The van der Waals surface area contributed by atoms with Crippen molar-refractivity contribution in [3.8, 4) is 0 Å². The van der Waals surface area contributed by atoms with Gasteiger partial charge in [-0.15, -0.1) is 46.9 Å². The lowest BCUT2D eigenvalue weighted by Gasteiger charge is -2.36. The molecule has 0 aromatic heterocycles. The number of nitrogens with two attached hydrogens (primary N) is 3. The van der Waals surface area contributed by atoms with E-state index in [4.69, 9.17) is 28.8 Å². The van der Waals surface area contributed by atoms with Gasteiger partial charge in [0.15, 0.2) is 0 Å². The number of allylic oxidation sites excluding steroid dienone is 6. The minimum atomic E-state index is -0.767. The van der Waals surface area contributed by atoms with Gasteiger partial charge in [0.1, 0.15) is 4.87 Å². The van der Waals surface area contributed by atoms with E-state index >= 15 is 0 Å². The molecular weight excluding hydrogens is 366 g/mol. The van der Waals surface area contributed by atoms with Crippen LogP contribution in [0, 0.1) is 0 Å². The summed E-state index contributed by atoms with van der Waals surface area (Å²) >= 11 is 12.4. The first-order chi connectivity index (χ1) is 11.0. The topological polar surface area (TPSA) is 78.1 Å². The summed E-state index contributed by atoms with van der Waals surface area (Å²) in [4.78, 5) is 2.32. The number of thioether (sulfide) groups is 3. The first kappa shape index (κ1) is 17.0. The van der Waals surface area contributed by atoms with Gasteiger partial charge in [0.05, 0.1) is 0 Å². The van der Waals surface area contributed by atoms with Crippen LogP contribution in [0.4, 0.5) is 0 Å². The molecule has 122 valence electrons. The number of hydrogen-bond acceptors (Lipinski definition) is 6. The fourth-order valence-electron chi connectivity index (χ4n) is 2.40. The van der Waals surface area contributed by atoms with E-state index in [1.54, 1.807) is 35.3 Å². The van der Waals surface area contributed by atoms with E-state index in [2.05, 4.69) is 0 Å². The predicted molar refractivity (Wildman–Crippen MR) is 107 cm³/mol. The van der Waals surface area contributed by atoms with Crippen LogP contribution in [-0.2, 0) is 0 Å². The van der Waals surface area contributed by atoms with E-state index in [1.165, 1.54) is 0 Å². The molecule has 0 spiro atoms. The van der Waals surface area contributed by atoms with Gasteiger partial charge in [0.25, 0.3) is 0 Å². The van der Waals surface area contributed by atoms with E-state index in [0.717, 1.165) is 49.1 Å². The maximum atomic E-state index is 7.26. The highest BCUT2D eigenvalue weighted by Crippen LogP contribution is 2.54. The van der Waals surface area contributed by atoms with Crippen LogP contribution in [0.5, 0.6) is 0 Å². The Kier molecular flexibility index (Phi) is 5.16. The molecule has 6 N–H and O–H groups in total. The zero-order valence-electron chi connectivity index (χ0n) is 12.4. The van der Waals surface area contributed by atoms with Crippen LogP contribution >= 0.6 is 46.9 Å². The van der Waals surface area contributed by atoms with E-state index in [-0.39, 0.29) is 0 Å². The highest BCUT2D eigenvalue weighted by atomic mass is 35.5. The Morgan fingerprint density at radius 2 is 1.00 bits per heavy atom. The van der Waals surface area contributed by atoms with Crippen LogP contribution in [0.1, 0.15) is 0 Å². The van der Waals surface area contributed by atoms with Crippen molar-refractivity contribution in [3.63, 3.8) is 0 Å². The van der Waals surface area contributed by atoms with Gasteiger partial charge in [-0.25, -0.2) is 0 Å². The van der Waals surface area contributed by atoms with Gasteiger partial charge in [-0.05, 0) is 18.2 Å². The normalized spacial score (nSPS) is 22.3. The molecule has 0 saturated carbocycles. The molecule has 3 nitrogen and oxygen atoms in total. The number of alkyl halides is 1. The smallest absolute Gasteiger partial charge is 0.137 e. The average molecular weight is 384 g/mol. The van der Waals surface area contributed by atoms with Gasteiger partial charge < -0.3 is 17.2 Å². The quantitative estimate of drug-likeness (QED) is 0.648. The van der Waals surface area contributed by atoms with E-state index < -0.39 is 4.87 Å². The van der Waals surface area contributed by atoms with Crippen molar-refractivity contribution < 1.29 is 0 Å². The molecular formula is C16H18ClN3S3. The molecule has 23 heavy (non-hydrogen) atoms. The van der Waals surface area contributed by atoms with Crippen molar-refractivity contribution >= 4 is 46.9 Å². The molecule has 0 bridgehead atoms. The minimum absolute atomic E-state index is 0.749. The Morgan fingerprint density at radius 3 is 1.26 bits per heavy atom. The summed E-state index contributed by atoms with van der Waals surface area (Å²) in [5, 5.41) is 0. The van der Waals surface area contributed by atoms with Crippen molar-refractivity contribution in [2.24, 2.45) is 17.2 Å². The lowest BCUT2D eigenvalue weighted by atomic mass is 10.0. The monoisotopic (exact) mass is 383 g/mol. The predicted octanol–water partition coefficient (Wildman–Crippen LogP) is 3.38. The Morgan fingerprint density at radius 1 is 0.696 bits per heavy atom. The summed E-state index contributed by atoms with van der Waals surface area (Å²) < 4.78 is 0. The summed E-state index contributed by atoms with van der Waals surface area (Å²) in [5.41, 5.74) is 20.3. The molecule has 0 atom stereocenters. The molecule has 0 aromatic carbocycles. The molecule has 0 radical (unpaired) electrons. The van der Waals surface area contributed by atoms with Crippen molar-refractivity contribution in [1.82, 2.24) is 0 Å². The maximum absolute atomic E-state index is 7.26. The van der Waals surface area contributed by atoms with E-state index in [1.807, 2.05) is 36.5 Å². The zero-order chi connectivity index (χ0) is 16.4. The molecule has 0 amide bonds. The second-order valence-electron chi connectivity index (χ2n) is 5.23. The Hall–Kier alpha value is -0.820. The summed E-state index contributed by atoms with van der Waals surface area (Å²) in [6, 6.07) is 0. The minimum Gasteiger partial charge on any atom is -0.399 e. The molecule has 0 aliphatic carbocycles. The number of rotatable bonds is 3. The Balaban J connectivity index is 2.12. The molecule has 0 saturated heterocycles. The molecule has 3 heterocycles. The molecule has 0 unspecified atom stereocenters. The largest absolute Gasteiger partial charge is 0.399 e. The third-order valence-electron chi connectivity index (χ3n) is 3.59. The number of halogens is 1. The van der Waals surface area contributed by atoms with Crippen LogP contribution in [-0.4, -0.2) is 22.1 Å². The van der Waals surface area contributed by atoms with Gasteiger partial charge >= 0.3 is 0 Å². The molecule has 7 heteroatoms. The summed E-state index contributed by atoms with van der Waals surface area (Å²) in [5.74, 6) is 2.45. The standard InChI is InChI=1S/C16H18ClN3S3/c17-16(13-7-10(18)1-4-21-13,14-8-11(19)2-5-22-14)15-9-12(20)3-6-23-15/h1-3,7-9H,4-6,18-20H2. The summed E-state index contributed by atoms with van der Waals surface area (Å²) in [6.45, 7) is 0. The van der Waals surface area contributed by atoms with Gasteiger partial charge in [0, 0.05) is 49.1 Å². The van der Waals surface area contributed by atoms with Crippen LogP contribution < -0.4 is 17.2 Å². The van der Waals surface area contributed by atoms with E-state index in [9.17, 15) is 0 Å². The summed E-state index contributed by atoms with van der Waals surface area (Å²) in [6.07, 6.45) is 11.9. The van der Waals surface area contributed by atoms with Gasteiger partial charge in [-0.1, -0.05) is 18.2 Å². The second-order valence-corrected chi connectivity index (χ2v) is 8.98. The lowest BCUT2D eigenvalue weighted by molar-refractivity contribution is 1.03. The lowest BCUT2D eigenvalue weighted by Crippen LogP contribution is -2.30. The first-order valence-electron chi connectivity index (χ1n) is 7.11. The Labute approximate surface area is 154 Å². The molecule has 3 aliphatic rings. The van der Waals surface area contributed by atoms with Crippen LogP contribution in [0.3, 0.4) is 0 Å². The molecule has 0 aromatic rings. The first-order valence-corrected chi connectivity index (χ1v) is 10.4. The molecule has 3 aliphatic heterocycles. The zero-order valence-corrected chi connectivity index (χ0v) is 15.6. The fourth-order valence-corrected chi connectivity index (χ4v) is 6.53. The van der Waals surface area contributed by atoms with Crippen LogP contribution in [0.25, 0.3) is 0 Å². The van der Waals surface area contributed by atoms with Crippen molar-refractivity contribution in [2.75, 3.05) is 17.3 Å². The maximum Gasteiger partial charge on any atom is 0.137 e. The van der Waals surface area contributed by atoms with Crippen LogP contribution in [0.15, 0.2) is 68.3 Å². The van der Waals surface area contributed by atoms with Crippen molar-refractivity contribution in [3.05, 3.63) is 68.3 Å². The van der Waals surface area contributed by atoms with Gasteiger partial charge in [-0.2, -0.15) is 0 Å². The average Bonchev–Trinajstić information content (AvgIpc) is 2.54. The van der Waals surface area contributed by atoms with Gasteiger partial charge in [0.2, 0.25) is 0 Å². The third-order valence-corrected chi connectivity index (χ3v) is 7.74. The van der Waals surface area contributed by atoms with Crippen molar-refractivity contribution in [2.45, 2.75) is 4.87 Å². The summed E-state index contributed by atoms with van der Waals surface area (Å²) in [7, 11) is 0. The second kappa shape index (κ2) is 6.97. The van der Waals surface area contributed by atoms with Crippen LogP contribution in [0.2, 0.25) is 0 Å². The Bertz CT molecular complexity index is 608. The highest BCUT2D eigenvalue weighted by molar-refractivity contribution is 8.06.